The number of allylic oxidation sites excluding steroid dienone is 4. The molecule has 3 nitrogen and oxygen atoms in total. The van der Waals surface area contributed by atoms with Gasteiger partial charge in [-0.3, -0.25) is 9.59 Å². The van der Waals surface area contributed by atoms with E-state index in [2.05, 4.69) is 0 Å². The molecule has 1 amide bonds. The van der Waals surface area contributed by atoms with Crippen molar-refractivity contribution in [3.8, 4) is 0 Å². The molecule has 13 heavy (non-hydrogen) atoms. The van der Waals surface area contributed by atoms with Gasteiger partial charge >= 0.3 is 0 Å². The fourth-order valence-electron chi connectivity index (χ4n) is 1.02. The number of Topliss-reactive ketones (excluding diaryl/α,β-unsaturated/α-hetero) is 1. The van der Waals surface area contributed by atoms with Crippen LogP contribution in [0.3, 0.4) is 0 Å². The van der Waals surface area contributed by atoms with Gasteiger partial charge in [0.15, 0.2) is 5.78 Å². The summed E-state index contributed by atoms with van der Waals surface area (Å²) in [7, 11) is 0. The predicted octanol–water partition coefficient (Wildman–Crippen LogP) is 0.687. The zero-order valence-corrected chi connectivity index (χ0v) is 7.76. The van der Waals surface area contributed by atoms with Gasteiger partial charge in [0.2, 0.25) is 5.91 Å². The molecule has 4 heteroatoms. The third kappa shape index (κ3) is 2.91. The number of ketones is 1. The lowest BCUT2D eigenvalue weighted by atomic mass is 10.0. The molecular formula is C9H9NO2S. The quantitative estimate of drug-likeness (QED) is 0.532. The maximum Gasteiger partial charge on any atom is 0.225 e. The number of amides is 1. The van der Waals surface area contributed by atoms with Crippen LogP contribution in [0.5, 0.6) is 0 Å². The number of hydrogen-bond acceptors (Lipinski definition) is 3. The molecule has 0 aromatic heterocycles. The Morgan fingerprint density at radius 1 is 1.54 bits per heavy atom. The SMILES string of the molecule is NC(=O)CC(=O)C1=CC(=S)CC=C1. The van der Waals surface area contributed by atoms with Crippen LogP contribution >= 0.6 is 12.2 Å². The summed E-state index contributed by atoms with van der Waals surface area (Å²) in [5.41, 5.74) is 5.36. The fraction of sp³-hybridized carbons (Fsp3) is 0.222. The fourth-order valence-corrected chi connectivity index (χ4v) is 1.24. The molecule has 0 saturated carbocycles. The van der Waals surface area contributed by atoms with Crippen LogP contribution in [0, 0.1) is 0 Å². The molecule has 0 radical (unpaired) electrons. The van der Waals surface area contributed by atoms with Gasteiger partial charge in [-0.05, 0) is 6.08 Å². The maximum atomic E-state index is 11.3. The van der Waals surface area contributed by atoms with Gasteiger partial charge in [-0.2, -0.15) is 0 Å². The summed E-state index contributed by atoms with van der Waals surface area (Å²) in [6.45, 7) is 0. The summed E-state index contributed by atoms with van der Waals surface area (Å²) in [5, 5.41) is 0. The molecule has 1 aliphatic rings. The molecule has 0 saturated heterocycles. The van der Waals surface area contributed by atoms with Crippen LogP contribution in [0.25, 0.3) is 0 Å². The molecule has 0 aromatic rings. The van der Waals surface area contributed by atoms with Gasteiger partial charge in [-0.1, -0.05) is 24.4 Å². The van der Waals surface area contributed by atoms with Gasteiger partial charge < -0.3 is 5.73 Å². The first-order valence-corrected chi connectivity index (χ1v) is 4.23. The van der Waals surface area contributed by atoms with E-state index in [0.717, 1.165) is 0 Å². The Labute approximate surface area is 81.3 Å². The molecule has 0 heterocycles. The number of rotatable bonds is 3. The van der Waals surface area contributed by atoms with Crippen molar-refractivity contribution < 1.29 is 9.59 Å². The maximum absolute atomic E-state index is 11.3. The van der Waals surface area contributed by atoms with Crippen molar-refractivity contribution in [3.05, 3.63) is 23.8 Å². The second kappa shape index (κ2) is 4.09. The molecule has 0 fully saturated rings. The summed E-state index contributed by atoms with van der Waals surface area (Å²) in [6.07, 6.45) is 5.51. The van der Waals surface area contributed by atoms with Crippen molar-refractivity contribution in [2.24, 2.45) is 5.73 Å². The Kier molecular flexibility index (Phi) is 3.08. The normalized spacial score (nSPS) is 15.4. The molecule has 1 rings (SSSR count). The number of carbonyl (C=O) groups excluding carboxylic acids is 2. The van der Waals surface area contributed by atoms with E-state index >= 15 is 0 Å². The molecule has 0 aliphatic heterocycles. The number of hydrogen-bond donors (Lipinski definition) is 1. The van der Waals surface area contributed by atoms with Crippen molar-refractivity contribution in [1.29, 1.82) is 0 Å². The minimum Gasteiger partial charge on any atom is -0.369 e. The van der Waals surface area contributed by atoms with E-state index in [9.17, 15) is 9.59 Å². The molecule has 68 valence electrons. The third-order valence-electron chi connectivity index (χ3n) is 1.59. The second-order valence-electron chi connectivity index (χ2n) is 2.74. The van der Waals surface area contributed by atoms with Crippen LogP contribution in [0.1, 0.15) is 12.8 Å². The summed E-state index contributed by atoms with van der Waals surface area (Å²) >= 11 is 4.92. The first-order chi connectivity index (χ1) is 6.09. The Hall–Kier alpha value is -1.29. The second-order valence-corrected chi connectivity index (χ2v) is 3.26. The standard InChI is InChI=1S/C9H9NO2S/c10-9(12)5-8(11)6-2-1-3-7(13)4-6/h1-2,4H,3,5H2,(H2,10,12). The van der Waals surface area contributed by atoms with Gasteiger partial charge in [0.25, 0.3) is 0 Å². The molecule has 0 bridgehead atoms. The first-order valence-electron chi connectivity index (χ1n) is 3.82. The van der Waals surface area contributed by atoms with E-state index in [1.807, 2.05) is 0 Å². The summed E-state index contributed by atoms with van der Waals surface area (Å²) in [6, 6.07) is 0. The van der Waals surface area contributed by atoms with Crippen LogP contribution in [0.15, 0.2) is 23.8 Å². The van der Waals surface area contributed by atoms with Crippen LogP contribution in [-0.2, 0) is 9.59 Å². The lowest BCUT2D eigenvalue weighted by Crippen LogP contribution is -2.17. The average molecular weight is 195 g/mol. The third-order valence-corrected chi connectivity index (χ3v) is 1.87. The van der Waals surface area contributed by atoms with E-state index in [1.54, 1.807) is 18.2 Å². The topological polar surface area (TPSA) is 60.2 Å². The van der Waals surface area contributed by atoms with Crippen molar-refractivity contribution in [3.63, 3.8) is 0 Å². The zero-order valence-electron chi connectivity index (χ0n) is 6.95. The van der Waals surface area contributed by atoms with E-state index in [4.69, 9.17) is 18.0 Å². The van der Waals surface area contributed by atoms with Crippen LogP contribution in [0.2, 0.25) is 0 Å². The predicted molar refractivity (Wildman–Crippen MR) is 53.3 cm³/mol. The monoisotopic (exact) mass is 195 g/mol. The number of nitrogens with two attached hydrogens (primary N) is 1. The van der Waals surface area contributed by atoms with Gasteiger partial charge in [-0.25, -0.2) is 0 Å². The highest BCUT2D eigenvalue weighted by Gasteiger charge is 2.12. The van der Waals surface area contributed by atoms with E-state index in [1.165, 1.54) is 0 Å². The van der Waals surface area contributed by atoms with Gasteiger partial charge in [0, 0.05) is 16.9 Å². The van der Waals surface area contributed by atoms with Crippen molar-refractivity contribution in [1.82, 2.24) is 0 Å². The molecule has 1 aliphatic carbocycles. The summed E-state index contributed by atoms with van der Waals surface area (Å²) in [4.78, 5) is 22.4. The van der Waals surface area contributed by atoms with Gasteiger partial charge in [0.05, 0.1) is 6.42 Å². The van der Waals surface area contributed by atoms with Gasteiger partial charge in [-0.15, -0.1) is 0 Å². The zero-order chi connectivity index (χ0) is 9.84. The summed E-state index contributed by atoms with van der Waals surface area (Å²) < 4.78 is 0. The Bertz CT molecular complexity index is 329. The molecule has 0 atom stereocenters. The number of carbonyl (C=O) groups is 2. The smallest absolute Gasteiger partial charge is 0.225 e. The average Bonchev–Trinajstić information content (AvgIpc) is 2.03. The Morgan fingerprint density at radius 2 is 2.23 bits per heavy atom. The van der Waals surface area contributed by atoms with Crippen LogP contribution in [0.4, 0.5) is 0 Å². The highest BCUT2D eigenvalue weighted by atomic mass is 32.1. The molecule has 0 spiro atoms. The Balaban J connectivity index is 2.72. The van der Waals surface area contributed by atoms with E-state index in [0.29, 0.717) is 16.9 Å². The highest BCUT2D eigenvalue weighted by Crippen LogP contribution is 2.10. The molecule has 0 aromatic carbocycles. The largest absolute Gasteiger partial charge is 0.369 e. The number of primary amides is 1. The molecule has 0 unspecified atom stereocenters. The van der Waals surface area contributed by atoms with Crippen LogP contribution in [-0.4, -0.2) is 16.6 Å². The molecular weight excluding hydrogens is 186 g/mol. The summed E-state index contributed by atoms with van der Waals surface area (Å²) in [5.74, 6) is -0.887. The molecule has 2 N–H and O–H groups in total. The Morgan fingerprint density at radius 3 is 2.77 bits per heavy atom. The van der Waals surface area contributed by atoms with Crippen molar-refractivity contribution in [2.45, 2.75) is 12.8 Å². The van der Waals surface area contributed by atoms with Crippen molar-refractivity contribution in [2.75, 3.05) is 0 Å². The van der Waals surface area contributed by atoms with E-state index < -0.39 is 5.91 Å². The van der Waals surface area contributed by atoms with Crippen LogP contribution < -0.4 is 5.73 Å². The van der Waals surface area contributed by atoms with E-state index in [-0.39, 0.29) is 12.2 Å². The first kappa shape index (κ1) is 9.80. The van der Waals surface area contributed by atoms with Gasteiger partial charge in [0.1, 0.15) is 0 Å². The van der Waals surface area contributed by atoms with Crippen molar-refractivity contribution >= 4 is 28.8 Å². The number of thiocarbonyl (C=S) groups is 1. The highest BCUT2D eigenvalue weighted by molar-refractivity contribution is 7.80. The minimum atomic E-state index is -0.615. The lowest BCUT2D eigenvalue weighted by Gasteiger charge is -2.04. The lowest BCUT2D eigenvalue weighted by molar-refractivity contribution is -0.124. The minimum absolute atomic E-state index is 0.251.